The van der Waals surface area contributed by atoms with Crippen LogP contribution < -0.4 is 5.56 Å². The topological polar surface area (TPSA) is 70.0 Å². The molecule has 0 N–H and O–H groups in total. The molecule has 0 atom stereocenters. The van der Waals surface area contributed by atoms with Crippen molar-refractivity contribution in [1.82, 2.24) is 28.5 Å². The van der Waals surface area contributed by atoms with Crippen LogP contribution in [0.1, 0.15) is 5.69 Å². The van der Waals surface area contributed by atoms with E-state index in [1.54, 1.807) is 4.57 Å². The van der Waals surface area contributed by atoms with Crippen LogP contribution in [0.15, 0.2) is 144 Å². The lowest BCUT2D eigenvalue weighted by Gasteiger charge is -2.13. The zero-order chi connectivity index (χ0) is 31.9. The Morgan fingerprint density at radius 2 is 1.15 bits per heavy atom. The fourth-order valence-corrected chi connectivity index (χ4v) is 7.20. The van der Waals surface area contributed by atoms with Gasteiger partial charge in [0.25, 0.3) is 5.56 Å². The number of hydrogen-bond acceptors (Lipinski definition) is 4. The predicted octanol–water partition coefficient (Wildman–Crippen LogP) is 8.81. The smallest absolute Gasteiger partial charge is 0.269 e. The lowest BCUT2D eigenvalue weighted by atomic mass is 10.0. The van der Waals surface area contributed by atoms with Crippen LogP contribution in [-0.2, 0) is 0 Å². The lowest BCUT2D eigenvalue weighted by molar-refractivity contribution is 0.892. The van der Waals surface area contributed by atoms with Crippen LogP contribution in [0.5, 0.6) is 0 Å². The van der Waals surface area contributed by atoms with Gasteiger partial charge in [-0.15, -0.1) is 0 Å². The van der Waals surface area contributed by atoms with E-state index < -0.39 is 0 Å². The van der Waals surface area contributed by atoms with Gasteiger partial charge in [0.15, 0.2) is 0 Å². The van der Waals surface area contributed by atoms with Gasteiger partial charge in [0.05, 0.1) is 44.2 Å². The minimum absolute atomic E-state index is 0.213. The van der Waals surface area contributed by atoms with Gasteiger partial charge in [-0.05, 0) is 78.7 Å². The molecule has 0 aliphatic heterocycles. The molecule has 0 bridgehead atoms. The molecule has 7 nitrogen and oxygen atoms in total. The van der Waals surface area contributed by atoms with Crippen molar-refractivity contribution in [2.24, 2.45) is 0 Å². The maximum Gasteiger partial charge on any atom is 0.269 e. The van der Waals surface area contributed by atoms with Crippen LogP contribution in [0.4, 0.5) is 0 Å². The van der Waals surface area contributed by atoms with E-state index in [1.807, 2.05) is 73.7 Å². The molecule has 7 heteroatoms. The molecule has 0 amide bonds. The van der Waals surface area contributed by atoms with Crippen molar-refractivity contribution in [3.8, 4) is 22.8 Å². The standard InChI is InChI=1S/C41H26N6O/c1-25-29-13-5-7-15-33(29)43-40(42-25)47-39(48)31-21-19-27(24-38(31)46-37-18-10-8-16-34(37)44-41(46)47)26-20-22-36-32(23-26)30-14-6-9-17-35(30)45(36)28-11-3-2-4-12-28/h2-24H,1H3. The highest BCUT2D eigenvalue weighted by atomic mass is 16.1. The first-order valence-electron chi connectivity index (χ1n) is 15.9. The number of nitrogens with zero attached hydrogens (tertiary/aromatic N) is 6. The van der Waals surface area contributed by atoms with E-state index in [0.717, 1.165) is 61.0 Å². The summed E-state index contributed by atoms with van der Waals surface area (Å²) in [7, 11) is 0. The summed E-state index contributed by atoms with van der Waals surface area (Å²) in [5.41, 5.74) is 9.34. The monoisotopic (exact) mass is 618 g/mol. The van der Waals surface area contributed by atoms with E-state index in [4.69, 9.17) is 15.0 Å². The maximum absolute atomic E-state index is 14.4. The van der Waals surface area contributed by atoms with E-state index in [9.17, 15) is 4.79 Å². The van der Waals surface area contributed by atoms with Gasteiger partial charge < -0.3 is 4.57 Å². The summed E-state index contributed by atoms with van der Waals surface area (Å²) in [6.07, 6.45) is 0. The molecular formula is C41H26N6O. The number of imidazole rings is 1. The molecule has 0 unspecified atom stereocenters. The molecule has 10 aromatic rings. The largest absolute Gasteiger partial charge is 0.309 e. The van der Waals surface area contributed by atoms with Crippen molar-refractivity contribution in [3.63, 3.8) is 0 Å². The number of aryl methyl sites for hydroxylation is 1. The van der Waals surface area contributed by atoms with E-state index in [-0.39, 0.29) is 5.56 Å². The van der Waals surface area contributed by atoms with Gasteiger partial charge in [-0.1, -0.05) is 78.9 Å². The first-order chi connectivity index (χ1) is 23.6. The first-order valence-corrected chi connectivity index (χ1v) is 15.9. The van der Waals surface area contributed by atoms with Crippen LogP contribution in [0.2, 0.25) is 0 Å². The van der Waals surface area contributed by atoms with Crippen LogP contribution in [0.25, 0.3) is 83.2 Å². The molecule has 6 aromatic carbocycles. The van der Waals surface area contributed by atoms with Crippen molar-refractivity contribution in [1.29, 1.82) is 0 Å². The summed E-state index contributed by atoms with van der Waals surface area (Å²) >= 11 is 0. The van der Waals surface area contributed by atoms with Gasteiger partial charge in [0.1, 0.15) is 0 Å². The highest BCUT2D eigenvalue weighted by molar-refractivity contribution is 6.10. The van der Waals surface area contributed by atoms with Crippen molar-refractivity contribution < 1.29 is 0 Å². The quantitative estimate of drug-likeness (QED) is 0.198. The van der Waals surface area contributed by atoms with Crippen molar-refractivity contribution in [2.45, 2.75) is 6.92 Å². The maximum atomic E-state index is 14.4. The molecule has 0 fully saturated rings. The fraction of sp³-hybridized carbons (Fsp3) is 0.0244. The summed E-state index contributed by atoms with van der Waals surface area (Å²) in [5, 5.41) is 3.87. The second-order valence-electron chi connectivity index (χ2n) is 12.2. The molecule has 226 valence electrons. The third-order valence-corrected chi connectivity index (χ3v) is 9.42. The zero-order valence-corrected chi connectivity index (χ0v) is 25.9. The Labute approximate surface area is 273 Å². The van der Waals surface area contributed by atoms with E-state index in [1.165, 1.54) is 10.8 Å². The first kappa shape index (κ1) is 26.6. The number of fused-ring (bicyclic) bond motifs is 9. The zero-order valence-electron chi connectivity index (χ0n) is 25.9. The van der Waals surface area contributed by atoms with Gasteiger partial charge >= 0.3 is 0 Å². The third kappa shape index (κ3) is 3.75. The minimum atomic E-state index is -0.213. The fourth-order valence-electron chi connectivity index (χ4n) is 7.20. The van der Waals surface area contributed by atoms with Crippen LogP contribution in [0, 0.1) is 6.92 Å². The van der Waals surface area contributed by atoms with Crippen LogP contribution >= 0.6 is 0 Å². The summed E-state index contributed by atoms with van der Waals surface area (Å²) in [6.45, 7) is 1.94. The molecule has 10 rings (SSSR count). The molecular weight excluding hydrogens is 592 g/mol. The molecule has 0 saturated heterocycles. The Kier molecular flexibility index (Phi) is 5.51. The summed E-state index contributed by atoms with van der Waals surface area (Å²) in [5.74, 6) is 0.782. The summed E-state index contributed by atoms with van der Waals surface area (Å²) in [6, 6.07) is 47.5. The number of benzene rings is 6. The minimum Gasteiger partial charge on any atom is -0.309 e. The molecule has 4 aromatic heterocycles. The third-order valence-electron chi connectivity index (χ3n) is 9.42. The summed E-state index contributed by atoms with van der Waals surface area (Å²) < 4.78 is 5.92. The van der Waals surface area contributed by atoms with Crippen LogP contribution in [0.3, 0.4) is 0 Å². The average Bonchev–Trinajstić information content (AvgIpc) is 3.68. The number of para-hydroxylation sites is 5. The van der Waals surface area contributed by atoms with Gasteiger partial charge in [0, 0.05) is 21.8 Å². The summed E-state index contributed by atoms with van der Waals surface area (Å²) in [4.78, 5) is 29.0. The molecule has 0 aliphatic rings. The van der Waals surface area contributed by atoms with Crippen molar-refractivity contribution >= 4 is 60.4 Å². The normalized spacial score (nSPS) is 11.9. The Balaban J connectivity index is 1.24. The predicted molar refractivity (Wildman–Crippen MR) is 193 cm³/mol. The highest BCUT2D eigenvalue weighted by Crippen LogP contribution is 2.36. The molecule has 0 radical (unpaired) electrons. The number of hydrogen-bond donors (Lipinski definition) is 0. The Morgan fingerprint density at radius 3 is 2.00 bits per heavy atom. The van der Waals surface area contributed by atoms with Gasteiger partial charge in [-0.2, -0.15) is 0 Å². The van der Waals surface area contributed by atoms with Gasteiger partial charge in [-0.25, -0.2) is 19.5 Å². The van der Waals surface area contributed by atoms with E-state index >= 15 is 0 Å². The second kappa shape index (κ2) is 9.95. The Morgan fingerprint density at radius 1 is 0.479 bits per heavy atom. The number of aromatic nitrogens is 6. The van der Waals surface area contributed by atoms with Gasteiger partial charge in [0.2, 0.25) is 11.7 Å². The van der Waals surface area contributed by atoms with Crippen molar-refractivity contribution in [3.05, 3.63) is 156 Å². The highest BCUT2D eigenvalue weighted by Gasteiger charge is 2.20. The lowest BCUT2D eigenvalue weighted by Crippen LogP contribution is -2.24. The molecule has 48 heavy (non-hydrogen) atoms. The van der Waals surface area contributed by atoms with E-state index in [2.05, 4.69) is 81.8 Å². The SMILES string of the molecule is Cc1nc(-n2c(=O)c3ccc(-c4ccc5c(c4)c4ccccc4n5-c4ccccc4)cc3n3c4ccccc4nc23)nc2ccccc12. The van der Waals surface area contributed by atoms with Crippen molar-refractivity contribution in [2.75, 3.05) is 0 Å². The Hall–Kier alpha value is -6.60. The average molecular weight is 619 g/mol. The van der Waals surface area contributed by atoms with E-state index in [0.29, 0.717) is 17.1 Å². The van der Waals surface area contributed by atoms with Crippen LogP contribution in [-0.4, -0.2) is 28.5 Å². The molecule has 0 spiro atoms. The molecule has 0 saturated carbocycles. The number of rotatable bonds is 3. The van der Waals surface area contributed by atoms with Gasteiger partial charge in [-0.3, -0.25) is 9.20 Å². The Bertz CT molecular complexity index is 2990. The second-order valence-corrected chi connectivity index (χ2v) is 12.2. The molecule has 4 heterocycles. The molecule has 0 aliphatic carbocycles.